The normalized spacial score (nSPS) is 25.9. The smallest absolute Gasteiger partial charge is 0.123 e. The third kappa shape index (κ3) is 3.79. The molecule has 1 fully saturated rings. The number of rotatable bonds is 4. The van der Waals surface area contributed by atoms with Crippen LogP contribution in [0.1, 0.15) is 44.2 Å². The zero-order valence-corrected chi connectivity index (χ0v) is 10.9. The zero-order chi connectivity index (χ0) is 13.0. The fourth-order valence-electron chi connectivity index (χ4n) is 2.60. The molecule has 18 heavy (non-hydrogen) atoms. The van der Waals surface area contributed by atoms with Crippen molar-refractivity contribution in [1.82, 2.24) is 0 Å². The molecule has 0 bridgehead atoms. The molecule has 0 saturated heterocycles. The molecular weight excluding hydrogens is 229 g/mol. The lowest BCUT2D eigenvalue weighted by Crippen LogP contribution is -2.26. The molecule has 2 nitrogen and oxygen atoms in total. The Morgan fingerprint density at radius 1 is 1.44 bits per heavy atom. The van der Waals surface area contributed by atoms with Gasteiger partial charge in [0.1, 0.15) is 5.82 Å². The van der Waals surface area contributed by atoms with Crippen molar-refractivity contribution in [1.29, 1.82) is 0 Å². The first-order valence-corrected chi connectivity index (χ1v) is 6.78. The molecule has 1 aromatic carbocycles. The summed E-state index contributed by atoms with van der Waals surface area (Å²) < 4.78 is 18.9. The molecule has 3 unspecified atom stereocenters. The molecule has 1 saturated carbocycles. The summed E-state index contributed by atoms with van der Waals surface area (Å²) in [5, 5.41) is 0. The van der Waals surface area contributed by atoms with E-state index >= 15 is 0 Å². The fraction of sp³-hybridized carbons (Fsp3) is 0.600. The second kappa shape index (κ2) is 6.30. The van der Waals surface area contributed by atoms with Crippen molar-refractivity contribution >= 4 is 0 Å². The first-order valence-electron chi connectivity index (χ1n) is 6.78. The van der Waals surface area contributed by atoms with Gasteiger partial charge in [-0.15, -0.1) is 0 Å². The molecule has 3 atom stereocenters. The molecule has 3 heteroatoms. The maximum atomic E-state index is 13.1. The van der Waals surface area contributed by atoms with Crippen molar-refractivity contribution in [3.05, 3.63) is 35.6 Å². The monoisotopic (exact) mass is 251 g/mol. The highest BCUT2D eigenvalue weighted by atomic mass is 19.1. The summed E-state index contributed by atoms with van der Waals surface area (Å²) in [6.07, 6.45) is 5.11. The van der Waals surface area contributed by atoms with Crippen LogP contribution < -0.4 is 5.73 Å². The van der Waals surface area contributed by atoms with Gasteiger partial charge in [-0.1, -0.05) is 31.9 Å². The summed E-state index contributed by atoms with van der Waals surface area (Å²) in [5.74, 6) is 0.503. The van der Waals surface area contributed by atoms with Crippen LogP contribution in [0.5, 0.6) is 0 Å². The maximum absolute atomic E-state index is 13.1. The molecule has 1 aliphatic carbocycles. The first kappa shape index (κ1) is 13.5. The largest absolute Gasteiger partial charge is 0.376 e. The lowest BCUT2D eigenvalue weighted by molar-refractivity contribution is 0.00849. The van der Waals surface area contributed by atoms with Gasteiger partial charge >= 0.3 is 0 Å². The van der Waals surface area contributed by atoms with Crippen molar-refractivity contribution in [2.75, 3.05) is 6.61 Å². The molecule has 1 aliphatic rings. The van der Waals surface area contributed by atoms with E-state index in [4.69, 9.17) is 10.5 Å². The minimum atomic E-state index is -0.241. The van der Waals surface area contributed by atoms with Crippen LogP contribution in [-0.2, 0) is 4.74 Å². The van der Waals surface area contributed by atoms with Crippen molar-refractivity contribution in [2.24, 2.45) is 11.7 Å². The van der Waals surface area contributed by atoms with Crippen molar-refractivity contribution in [3.8, 4) is 0 Å². The molecule has 2 rings (SSSR count). The fourth-order valence-corrected chi connectivity index (χ4v) is 2.60. The van der Waals surface area contributed by atoms with Crippen LogP contribution >= 0.6 is 0 Å². The number of nitrogens with two attached hydrogens (primary N) is 1. The van der Waals surface area contributed by atoms with Gasteiger partial charge in [-0.05, 0) is 36.5 Å². The molecule has 0 amide bonds. The van der Waals surface area contributed by atoms with E-state index in [0.29, 0.717) is 12.7 Å². The Morgan fingerprint density at radius 3 is 3.00 bits per heavy atom. The Labute approximate surface area is 108 Å². The number of benzene rings is 1. The van der Waals surface area contributed by atoms with Gasteiger partial charge in [0.05, 0.1) is 18.8 Å². The van der Waals surface area contributed by atoms with Gasteiger partial charge in [0.2, 0.25) is 0 Å². The molecule has 0 aliphatic heterocycles. The standard InChI is InChI=1S/C15H22FNO/c1-11-4-2-7-14(8-11)18-10-15(17)12-5-3-6-13(16)9-12/h3,5-6,9,11,14-15H,2,4,7-8,10,17H2,1H3. The van der Waals surface area contributed by atoms with Crippen LogP contribution in [0.4, 0.5) is 4.39 Å². The summed E-state index contributed by atoms with van der Waals surface area (Å²) >= 11 is 0. The van der Waals surface area contributed by atoms with Gasteiger partial charge in [0, 0.05) is 0 Å². The number of hydrogen-bond acceptors (Lipinski definition) is 2. The summed E-state index contributed by atoms with van der Waals surface area (Å²) in [6, 6.07) is 6.21. The van der Waals surface area contributed by atoms with E-state index in [0.717, 1.165) is 24.3 Å². The Hall–Kier alpha value is -0.930. The summed E-state index contributed by atoms with van der Waals surface area (Å²) in [6.45, 7) is 2.74. The van der Waals surface area contributed by atoms with Crippen LogP contribution in [-0.4, -0.2) is 12.7 Å². The second-order valence-electron chi connectivity index (χ2n) is 5.39. The number of ether oxygens (including phenoxy) is 1. The maximum Gasteiger partial charge on any atom is 0.123 e. The molecule has 2 N–H and O–H groups in total. The highest BCUT2D eigenvalue weighted by Crippen LogP contribution is 2.26. The van der Waals surface area contributed by atoms with Gasteiger partial charge in [-0.25, -0.2) is 4.39 Å². The number of hydrogen-bond donors (Lipinski definition) is 1. The average molecular weight is 251 g/mol. The van der Waals surface area contributed by atoms with E-state index in [-0.39, 0.29) is 11.9 Å². The highest BCUT2D eigenvalue weighted by molar-refractivity contribution is 5.19. The summed E-state index contributed by atoms with van der Waals surface area (Å²) in [7, 11) is 0. The predicted octanol–water partition coefficient (Wildman–Crippen LogP) is 3.42. The molecule has 0 heterocycles. The lowest BCUT2D eigenvalue weighted by Gasteiger charge is -2.27. The Bertz CT molecular complexity index is 383. The predicted molar refractivity (Wildman–Crippen MR) is 70.7 cm³/mol. The lowest BCUT2D eigenvalue weighted by atomic mass is 9.89. The Balaban J connectivity index is 1.82. The van der Waals surface area contributed by atoms with Crippen LogP contribution in [0.3, 0.4) is 0 Å². The third-order valence-corrected chi connectivity index (χ3v) is 3.68. The summed E-state index contributed by atoms with van der Waals surface area (Å²) in [4.78, 5) is 0. The van der Waals surface area contributed by atoms with Crippen molar-refractivity contribution in [3.63, 3.8) is 0 Å². The second-order valence-corrected chi connectivity index (χ2v) is 5.39. The molecule has 1 aromatic rings. The SMILES string of the molecule is CC1CCCC(OCC(N)c2cccc(F)c2)C1. The van der Waals surface area contributed by atoms with E-state index in [2.05, 4.69) is 6.92 Å². The van der Waals surface area contributed by atoms with Crippen LogP contribution in [0.15, 0.2) is 24.3 Å². The van der Waals surface area contributed by atoms with E-state index in [1.165, 1.54) is 25.0 Å². The van der Waals surface area contributed by atoms with Crippen molar-refractivity contribution in [2.45, 2.75) is 44.8 Å². The molecule has 0 aromatic heterocycles. The molecule has 100 valence electrons. The topological polar surface area (TPSA) is 35.2 Å². The van der Waals surface area contributed by atoms with Crippen LogP contribution in [0, 0.1) is 11.7 Å². The Kier molecular flexibility index (Phi) is 4.72. The number of halogens is 1. The van der Waals surface area contributed by atoms with Gasteiger partial charge in [-0.3, -0.25) is 0 Å². The van der Waals surface area contributed by atoms with Crippen molar-refractivity contribution < 1.29 is 9.13 Å². The minimum absolute atomic E-state index is 0.238. The molecule has 0 radical (unpaired) electrons. The van der Waals surface area contributed by atoms with E-state index in [9.17, 15) is 4.39 Å². The minimum Gasteiger partial charge on any atom is -0.376 e. The van der Waals surface area contributed by atoms with E-state index in [1.807, 2.05) is 6.07 Å². The van der Waals surface area contributed by atoms with E-state index < -0.39 is 0 Å². The van der Waals surface area contributed by atoms with Crippen LogP contribution in [0.2, 0.25) is 0 Å². The van der Waals surface area contributed by atoms with Gasteiger partial charge < -0.3 is 10.5 Å². The third-order valence-electron chi connectivity index (χ3n) is 3.68. The molecule has 0 spiro atoms. The molecular formula is C15H22FNO. The van der Waals surface area contributed by atoms with Gasteiger partial charge in [-0.2, -0.15) is 0 Å². The zero-order valence-electron chi connectivity index (χ0n) is 10.9. The first-order chi connectivity index (χ1) is 8.65. The van der Waals surface area contributed by atoms with E-state index in [1.54, 1.807) is 6.07 Å². The van der Waals surface area contributed by atoms with Crippen LogP contribution in [0.25, 0.3) is 0 Å². The van der Waals surface area contributed by atoms with Gasteiger partial charge in [0.15, 0.2) is 0 Å². The Morgan fingerprint density at radius 2 is 2.28 bits per heavy atom. The van der Waals surface area contributed by atoms with Gasteiger partial charge in [0.25, 0.3) is 0 Å². The average Bonchev–Trinajstić information content (AvgIpc) is 2.36. The highest BCUT2D eigenvalue weighted by Gasteiger charge is 2.20. The quantitative estimate of drug-likeness (QED) is 0.890. The summed E-state index contributed by atoms with van der Waals surface area (Å²) in [5.41, 5.74) is 6.83.